The molecule has 2 N–H and O–H groups in total. The molecular weight excluding hydrogens is 262 g/mol. The van der Waals surface area contributed by atoms with Crippen molar-refractivity contribution in [1.82, 2.24) is 10.1 Å². The predicted octanol–water partition coefficient (Wildman–Crippen LogP) is 4.41. The van der Waals surface area contributed by atoms with Crippen molar-refractivity contribution in [2.75, 3.05) is 0 Å². The molecule has 0 saturated heterocycles. The maximum atomic E-state index is 6.58. The zero-order chi connectivity index (χ0) is 14.5. The molecule has 0 aromatic carbocycles. The van der Waals surface area contributed by atoms with Gasteiger partial charge in [0.2, 0.25) is 5.89 Å². The Bertz CT molecular complexity index is 427. The average molecular weight is 291 g/mol. The summed E-state index contributed by atoms with van der Waals surface area (Å²) in [5.41, 5.74) is 6.21. The van der Waals surface area contributed by atoms with Gasteiger partial charge in [-0.25, -0.2) is 0 Å². The first-order chi connectivity index (χ1) is 10.3. The average Bonchev–Trinajstić information content (AvgIpc) is 2.83. The third-order valence-electron chi connectivity index (χ3n) is 5.33. The molecule has 118 valence electrons. The van der Waals surface area contributed by atoms with Crippen molar-refractivity contribution in [3.8, 4) is 0 Å². The molecule has 2 saturated carbocycles. The van der Waals surface area contributed by atoms with E-state index in [0.717, 1.165) is 18.7 Å². The smallest absolute Gasteiger partial charge is 0.246 e. The number of rotatable bonds is 2. The van der Waals surface area contributed by atoms with Crippen molar-refractivity contribution in [1.29, 1.82) is 0 Å². The minimum atomic E-state index is -0.372. The van der Waals surface area contributed by atoms with Gasteiger partial charge in [-0.3, -0.25) is 0 Å². The van der Waals surface area contributed by atoms with Gasteiger partial charge in [0, 0.05) is 5.92 Å². The predicted molar refractivity (Wildman–Crippen MR) is 82.9 cm³/mol. The second-order valence-corrected chi connectivity index (χ2v) is 7.07. The van der Waals surface area contributed by atoms with E-state index in [4.69, 9.17) is 15.2 Å². The summed E-state index contributed by atoms with van der Waals surface area (Å²) in [6, 6.07) is 0. The van der Waals surface area contributed by atoms with E-state index in [1.807, 2.05) is 0 Å². The summed E-state index contributed by atoms with van der Waals surface area (Å²) in [5, 5.41) is 4.30. The van der Waals surface area contributed by atoms with E-state index in [1.54, 1.807) is 0 Å². The van der Waals surface area contributed by atoms with Crippen molar-refractivity contribution < 1.29 is 4.52 Å². The zero-order valence-electron chi connectivity index (χ0n) is 13.1. The summed E-state index contributed by atoms with van der Waals surface area (Å²) in [6.45, 7) is 0. The molecule has 1 aromatic rings. The SMILES string of the molecule is NC1(c2nc(C3CCCCCCC3)no2)CCCCCC1. The molecule has 1 aromatic heterocycles. The largest absolute Gasteiger partial charge is 0.337 e. The Morgan fingerprint density at radius 2 is 1.43 bits per heavy atom. The first-order valence-corrected chi connectivity index (χ1v) is 8.91. The second-order valence-electron chi connectivity index (χ2n) is 7.07. The molecule has 2 aliphatic rings. The summed E-state index contributed by atoms with van der Waals surface area (Å²) in [5.74, 6) is 2.10. The van der Waals surface area contributed by atoms with Crippen LogP contribution in [0.3, 0.4) is 0 Å². The molecule has 0 aliphatic heterocycles. The molecule has 3 rings (SSSR count). The van der Waals surface area contributed by atoms with Crippen LogP contribution in [0.2, 0.25) is 0 Å². The first-order valence-electron chi connectivity index (χ1n) is 8.91. The van der Waals surface area contributed by atoms with Gasteiger partial charge in [-0.1, -0.05) is 62.9 Å². The van der Waals surface area contributed by atoms with Crippen LogP contribution >= 0.6 is 0 Å². The molecule has 4 nitrogen and oxygen atoms in total. The minimum Gasteiger partial charge on any atom is -0.337 e. The first kappa shape index (κ1) is 15.0. The van der Waals surface area contributed by atoms with Crippen LogP contribution in [0, 0.1) is 0 Å². The fourth-order valence-electron chi connectivity index (χ4n) is 3.89. The number of hydrogen-bond acceptors (Lipinski definition) is 4. The van der Waals surface area contributed by atoms with Crippen LogP contribution in [0.25, 0.3) is 0 Å². The molecule has 2 fully saturated rings. The van der Waals surface area contributed by atoms with E-state index in [2.05, 4.69) is 5.16 Å². The van der Waals surface area contributed by atoms with Gasteiger partial charge in [-0.05, 0) is 25.7 Å². The van der Waals surface area contributed by atoms with Crippen LogP contribution in [-0.4, -0.2) is 10.1 Å². The van der Waals surface area contributed by atoms with Gasteiger partial charge >= 0.3 is 0 Å². The van der Waals surface area contributed by atoms with Crippen molar-refractivity contribution in [3.05, 3.63) is 11.7 Å². The Labute approximate surface area is 127 Å². The monoisotopic (exact) mass is 291 g/mol. The van der Waals surface area contributed by atoms with Crippen molar-refractivity contribution in [2.45, 2.75) is 94.9 Å². The molecule has 0 unspecified atom stereocenters. The second kappa shape index (κ2) is 6.91. The molecule has 2 aliphatic carbocycles. The Morgan fingerprint density at radius 3 is 2.10 bits per heavy atom. The van der Waals surface area contributed by atoms with Crippen LogP contribution in [0.15, 0.2) is 4.52 Å². The van der Waals surface area contributed by atoms with Gasteiger partial charge in [-0.15, -0.1) is 0 Å². The van der Waals surface area contributed by atoms with Gasteiger partial charge in [-0.2, -0.15) is 4.98 Å². The number of aromatic nitrogens is 2. The molecule has 0 bridgehead atoms. The highest BCUT2D eigenvalue weighted by Gasteiger charge is 2.35. The zero-order valence-corrected chi connectivity index (χ0v) is 13.1. The fraction of sp³-hybridized carbons (Fsp3) is 0.882. The van der Waals surface area contributed by atoms with E-state index in [9.17, 15) is 0 Å². The molecule has 0 spiro atoms. The topological polar surface area (TPSA) is 64.9 Å². The van der Waals surface area contributed by atoms with Crippen molar-refractivity contribution >= 4 is 0 Å². The summed E-state index contributed by atoms with van der Waals surface area (Å²) in [7, 11) is 0. The number of nitrogens with zero attached hydrogens (tertiary/aromatic N) is 2. The van der Waals surface area contributed by atoms with Gasteiger partial charge < -0.3 is 10.3 Å². The molecule has 1 heterocycles. The number of hydrogen-bond donors (Lipinski definition) is 1. The summed E-state index contributed by atoms with van der Waals surface area (Å²) in [4.78, 5) is 4.74. The highest BCUT2D eigenvalue weighted by Crippen LogP contribution is 2.35. The van der Waals surface area contributed by atoms with Crippen LogP contribution in [0.1, 0.15) is 101 Å². The lowest BCUT2D eigenvalue weighted by Crippen LogP contribution is -2.36. The minimum absolute atomic E-state index is 0.372. The summed E-state index contributed by atoms with van der Waals surface area (Å²) >= 11 is 0. The van der Waals surface area contributed by atoms with E-state index in [0.29, 0.717) is 11.8 Å². The van der Waals surface area contributed by atoms with Gasteiger partial charge in [0.05, 0.1) is 5.54 Å². The molecule has 0 amide bonds. The standard InChI is InChI=1S/C17H29N3O/c18-17(12-8-4-5-9-13-17)16-19-15(20-21-16)14-10-6-2-1-3-7-11-14/h14H,1-13,18H2. The fourth-order valence-corrected chi connectivity index (χ4v) is 3.89. The Balaban J connectivity index is 1.72. The van der Waals surface area contributed by atoms with Crippen LogP contribution in [0.5, 0.6) is 0 Å². The van der Waals surface area contributed by atoms with E-state index in [-0.39, 0.29) is 5.54 Å². The molecule has 0 atom stereocenters. The quantitative estimate of drug-likeness (QED) is 0.820. The maximum Gasteiger partial charge on any atom is 0.246 e. The van der Waals surface area contributed by atoms with Gasteiger partial charge in [0.25, 0.3) is 0 Å². The lowest BCUT2D eigenvalue weighted by molar-refractivity contribution is 0.255. The van der Waals surface area contributed by atoms with Crippen LogP contribution in [-0.2, 0) is 5.54 Å². The van der Waals surface area contributed by atoms with Crippen LogP contribution < -0.4 is 5.73 Å². The summed E-state index contributed by atoms with van der Waals surface area (Å²) in [6.07, 6.45) is 16.0. The third kappa shape index (κ3) is 3.65. The van der Waals surface area contributed by atoms with Gasteiger partial charge in [0.15, 0.2) is 5.82 Å². The van der Waals surface area contributed by atoms with Crippen molar-refractivity contribution in [2.24, 2.45) is 5.73 Å². The third-order valence-corrected chi connectivity index (χ3v) is 5.33. The Kier molecular flexibility index (Phi) is 4.94. The van der Waals surface area contributed by atoms with E-state index in [1.165, 1.54) is 70.6 Å². The van der Waals surface area contributed by atoms with Crippen molar-refractivity contribution in [3.63, 3.8) is 0 Å². The Hall–Kier alpha value is -0.900. The summed E-state index contributed by atoms with van der Waals surface area (Å²) < 4.78 is 5.60. The van der Waals surface area contributed by atoms with Gasteiger partial charge in [0.1, 0.15) is 0 Å². The lowest BCUT2D eigenvalue weighted by Gasteiger charge is -2.23. The highest BCUT2D eigenvalue weighted by atomic mass is 16.5. The van der Waals surface area contributed by atoms with Crippen LogP contribution in [0.4, 0.5) is 0 Å². The molecule has 4 heteroatoms. The maximum absolute atomic E-state index is 6.58. The lowest BCUT2D eigenvalue weighted by atomic mass is 9.90. The molecular formula is C17H29N3O. The van der Waals surface area contributed by atoms with E-state index >= 15 is 0 Å². The molecule has 21 heavy (non-hydrogen) atoms. The Morgan fingerprint density at radius 1 is 0.857 bits per heavy atom. The highest BCUT2D eigenvalue weighted by molar-refractivity contribution is 5.05. The molecule has 0 radical (unpaired) electrons. The number of nitrogens with two attached hydrogens (primary N) is 1. The van der Waals surface area contributed by atoms with E-state index < -0.39 is 0 Å². The normalized spacial score (nSPS) is 25.0.